The molecule has 0 amide bonds. The van der Waals surface area contributed by atoms with Gasteiger partial charge in [0.05, 0.1) is 0 Å². The third-order valence-electron chi connectivity index (χ3n) is 3.62. The summed E-state index contributed by atoms with van der Waals surface area (Å²) in [4.78, 5) is 2.62. The Morgan fingerprint density at radius 2 is 1.81 bits per heavy atom. The molecule has 1 unspecified atom stereocenters. The molecular formula is C14H30N2. The van der Waals surface area contributed by atoms with E-state index in [1.165, 1.54) is 45.3 Å². The fourth-order valence-electron chi connectivity index (χ4n) is 2.48. The lowest BCUT2D eigenvalue weighted by atomic mass is 9.84. The Morgan fingerprint density at radius 1 is 1.19 bits per heavy atom. The zero-order valence-electron chi connectivity index (χ0n) is 11.7. The van der Waals surface area contributed by atoms with E-state index in [4.69, 9.17) is 0 Å². The predicted octanol–water partition coefficient (Wildman–Crippen LogP) is 2.89. The maximum atomic E-state index is 3.71. The highest BCUT2D eigenvalue weighted by Gasteiger charge is 2.24. The average Bonchev–Trinajstić information content (AvgIpc) is 2.68. The predicted molar refractivity (Wildman–Crippen MR) is 71.8 cm³/mol. The number of nitrogens with zero attached hydrogens (tertiary/aromatic N) is 1. The highest BCUT2D eigenvalue weighted by Crippen LogP contribution is 2.22. The van der Waals surface area contributed by atoms with Crippen molar-refractivity contribution in [2.75, 3.05) is 26.2 Å². The second-order valence-electron chi connectivity index (χ2n) is 6.21. The molecule has 1 atom stereocenters. The van der Waals surface area contributed by atoms with Gasteiger partial charge in [-0.05, 0) is 57.3 Å². The van der Waals surface area contributed by atoms with Crippen LogP contribution in [0.15, 0.2) is 0 Å². The van der Waals surface area contributed by atoms with Crippen LogP contribution in [-0.4, -0.2) is 37.1 Å². The monoisotopic (exact) mass is 226 g/mol. The molecule has 0 saturated carbocycles. The first-order valence-electron chi connectivity index (χ1n) is 6.99. The lowest BCUT2D eigenvalue weighted by Crippen LogP contribution is -2.42. The van der Waals surface area contributed by atoms with Gasteiger partial charge in [-0.1, -0.05) is 27.7 Å². The molecule has 0 spiro atoms. The summed E-state index contributed by atoms with van der Waals surface area (Å²) in [5, 5.41) is 3.71. The first-order chi connectivity index (χ1) is 7.54. The molecule has 2 nitrogen and oxygen atoms in total. The molecule has 1 heterocycles. The molecule has 0 aromatic rings. The quantitative estimate of drug-likeness (QED) is 0.749. The fourth-order valence-corrected chi connectivity index (χ4v) is 2.48. The Kier molecular flexibility index (Phi) is 5.77. The lowest BCUT2D eigenvalue weighted by Gasteiger charge is -2.33. The molecule has 0 bridgehead atoms. The van der Waals surface area contributed by atoms with Gasteiger partial charge in [-0.15, -0.1) is 0 Å². The minimum atomic E-state index is 0.384. The summed E-state index contributed by atoms with van der Waals surface area (Å²) in [5.74, 6) is 0. The summed E-state index contributed by atoms with van der Waals surface area (Å²) in [6.07, 6.45) is 5.34. The number of hydrogen-bond acceptors (Lipinski definition) is 2. The SMILES string of the molecule is CCCNC(CCN1CCCC1)C(C)(C)C. The summed E-state index contributed by atoms with van der Waals surface area (Å²) in [5.41, 5.74) is 0.384. The maximum absolute atomic E-state index is 3.71. The van der Waals surface area contributed by atoms with Crippen LogP contribution in [0.4, 0.5) is 0 Å². The number of rotatable bonds is 6. The summed E-state index contributed by atoms with van der Waals surface area (Å²) in [6.45, 7) is 14.4. The summed E-state index contributed by atoms with van der Waals surface area (Å²) < 4.78 is 0. The van der Waals surface area contributed by atoms with Crippen molar-refractivity contribution in [1.29, 1.82) is 0 Å². The van der Waals surface area contributed by atoms with E-state index in [2.05, 4.69) is 37.9 Å². The van der Waals surface area contributed by atoms with Crippen LogP contribution in [0, 0.1) is 5.41 Å². The third-order valence-corrected chi connectivity index (χ3v) is 3.62. The van der Waals surface area contributed by atoms with Gasteiger partial charge in [0.15, 0.2) is 0 Å². The maximum Gasteiger partial charge on any atom is 0.0128 e. The van der Waals surface area contributed by atoms with Crippen LogP contribution in [-0.2, 0) is 0 Å². The molecule has 1 fully saturated rings. The second kappa shape index (κ2) is 6.61. The summed E-state index contributed by atoms with van der Waals surface area (Å²) >= 11 is 0. The van der Waals surface area contributed by atoms with Crippen molar-refractivity contribution < 1.29 is 0 Å². The zero-order chi connectivity index (χ0) is 12.0. The third kappa shape index (κ3) is 4.84. The first kappa shape index (κ1) is 14.0. The highest BCUT2D eigenvalue weighted by molar-refractivity contribution is 4.82. The number of likely N-dealkylation sites (tertiary alicyclic amines) is 1. The lowest BCUT2D eigenvalue weighted by molar-refractivity contribution is 0.221. The van der Waals surface area contributed by atoms with Gasteiger partial charge >= 0.3 is 0 Å². The van der Waals surface area contributed by atoms with Crippen LogP contribution in [0.5, 0.6) is 0 Å². The molecule has 1 rings (SSSR count). The Hall–Kier alpha value is -0.0800. The van der Waals surface area contributed by atoms with Crippen LogP contribution in [0.2, 0.25) is 0 Å². The van der Waals surface area contributed by atoms with E-state index in [0.29, 0.717) is 11.5 Å². The standard InChI is InChI=1S/C14H30N2/c1-5-9-15-13(14(2,3)4)8-12-16-10-6-7-11-16/h13,15H,5-12H2,1-4H3. The van der Waals surface area contributed by atoms with Crippen LogP contribution < -0.4 is 5.32 Å². The largest absolute Gasteiger partial charge is 0.313 e. The minimum Gasteiger partial charge on any atom is -0.313 e. The van der Waals surface area contributed by atoms with Crippen molar-refractivity contribution >= 4 is 0 Å². The number of hydrogen-bond donors (Lipinski definition) is 1. The molecule has 16 heavy (non-hydrogen) atoms. The second-order valence-corrected chi connectivity index (χ2v) is 6.21. The van der Waals surface area contributed by atoms with Gasteiger partial charge in [-0.25, -0.2) is 0 Å². The van der Waals surface area contributed by atoms with E-state index in [1.807, 2.05) is 0 Å². The number of nitrogens with one attached hydrogen (secondary N) is 1. The van der Waals surface area contributed by atoms with Crippen molar-refractivity contribution in [2.24, 2.45) is 5.41 Å². The van der Waals surface area contributed by atoms with Crippen molar-refractivity contribution in [1.82, 2.24) is 10.2 Å². The normalized spacial score (nSPS) is 20.2. The van der Waals surface area contributed by atoms with E-state index in [-0.39, 0.29) is 0 Å². The van der Waals surface area contributed by atoms with Crippen LogP contribution in [0.25, 0.3) is 0 Å². The summed E-state index contributed by atoms with van der Waals surface area (Å²) in [7, 11) is 0. The van der Waals surface area contributed by atoms with E-state index in [0.717, 1.165) is 6.54 Å². The van der Waals surface area contributed by atoms with E-state index in [9.17, 15) is 0 Å². The van der Waals surface area contributed by atoms with Crippen molar-refractivity contribution in [3.63, 3.8) is 0 Å². The molecule has 1 aliphatic heterocycles. The molecule has 96 valence electrons. The molecule has 1 aliphatic rings. The van der Waals surface area contributed by atoms with Crippen molar-refractivity contribution in [2.45, 2.75) is 59.4 Å². The van der Waals surface area contributed by atoms with Gasteiger partial charge in [0.1, 0.15) is 0 Å². The molecule has 1 saturated heterocycles. The first-order valence-corrected chi connectivity index (χ1v) is 6.99. The molecule has 0 aromatic carbocycles. The van der Waals surface area contributed by atoms with E-state index >= 15 is 0 Å². The van der Waals surface area contributed by atoms with Crippen LogP contribution in [0.1, 0.15) is 53.4 Å². The van der Waals surface area contributed by atoms with Gasteiger partial charge in [0.2, 0.25) is 0 Å². The van der Waals surface area contributed by atoms with Gasteiger partial charge < -0.3 is 10.2 Å². The fraction of sp³-hybridized carbons (Fsp3) is 1.00. The Bertz CT molecular complexity index is 178. The molecule has 1 N–H and O–H groups in total. The van der Waals surface area contributed by atoms with Gasteiger partial charge in [0, 0.05) is 6.04 Å². The smallest absolute Gasteiger partial charge is 0.0128 e. The van der Waals surface area contributed by atoms with E-state index < -0.39 is 0 Å². The average molecular weight is 226 g/mol. The molecular weight excluding hydrogens is 196 g/mol. The van der Waals surface area contributed by atoms with Crippen molar-refractivity contribution in [3.8, 4) is 0 Å². The molecule has 0 aromatic heterocycles. The van der Waals surface area contributed by atoms with E-state index in [1.54, 1.807) is 0 Å². The highest BCUT2D eigenvalue weighted by atomic mass is 15.1. The Morgan fingerprint density at radius 3 is 2.31 bits per heavy atom. The molecule has 0 aliphatic carbocycles. The Labute approximate surface area is 102 Å². The topological polar surface area (TPSA) is 15.3 Å². The van der Waals surface area contributed by atoms with Gasteiger partial charge in [-0.2, -0.15) is 0 Å². The zero-order valence-corrected chi connectivity index (χ0v) is 11.7. The van der Waals surface area contributed by atoms with Gasteiger partial charge in [0.25, 0.3) is 0 Å². The Balaban J connectivity index is 2.31. The molecule has 0 radical (unpaired) electrons. The van der Waals surface area contributed by atoms with Crippen LogP contribution in [0.3, 0.4) is 0 Å². The minimum absolute atomic E-state index is 0.384. The van der Waals surface area contributed by atoms with Crippen molar-refractivity contribution in [3.05, 3.63) is 0 Å². The van der Waals surface area contributed by atoms with Gasteiger partial charge in [-0.3, -0.25) is 0 Å². The summed E-state index contributed by atoms with van der Waals surface area (Å²) in [6, 6.07) is 0.660. The van der Waals surface area contributed by atoms with Crippen LogP contribution >= 0.6 is 0 Å². The molecule has 2 heteroatoms.